The van der Waals surface area contributed by atoms with Crippen molar-refractivity contribution in [2.45, 2.75) is 20.8 Å². The molecule has 0 unspecified atom stereocenters. The summed E-state index contributed by atoms with van der Waals surface area (Å²) in [6.45, 7) is 6.10. The largest absolute Gasteiger partial charge is 0.380 e. The van der Waals surface area contributed by atoms with E-state index in [9.17, 15) is 5.21 Å². The predicted octanol–water partition coefficient (Wildman–Crippen LogP) is 4.22. The molecule has 0 heterocycles. The zero-order chi connectivity index (χ0) is 18.4. The van der Waals surface area contributed by atoms with Gasteiger partial charge in [-0.15, -0.1) is 0 Å². The van der Waals surface area contributed by atoms with Gasteiger partial charge in [0.15, 0.2) is 11.6 Å². The minimum Gasteiger partial charge on any atom is -0.380 e. The Balaban J connectivity index is 2.51. The van der Waals surface area contributed by atoms with Crippen LogP contribution in [0.15, 0.2) is 77.3 Å². The summed E-state index contributed by atoms with van der Waals surface area (Å²) in [6, 6.07) is 18.9. The van der Waals surface area contributed by atoms with Crippen molar-refractivity contribution in [3.05, 3.63) is 72.3 Å². The molecule has 2 rings (SSSR count). The minimum atomic E-state index is 0.164. The third-order valence-electron chi connectivity index (χ3n) is 4.04. The number of rotatable bonds is 6. The molecular formula is C20H26N4O. The third kappa shape index (κ3) is 4.61. The van der Waals surface area contributed by atoms with Crippen LogP contribution in [-0.2, 0) is 0 Å². The zero-order valence-corrected chi connectivity index (χ0v) is 15.2. The van der Waals surface area contributed by atoms with E-state index in [4.69, 9.17) is 10.7 Å². The molecule has 0 fully saturated rings. The lowest BCUT2D eigenvalue weighted by Crippen LogP contribution is -2.31. The molecule has 2 aromatic rings. The maximum Gasteiger partial charge on any atom is 0.176 e. The number of para-hydroxylation sites is 2. The monoisotopic (exact) mass is 338 g/mol. The topological polar surface area (TPSA) is 65.1 Å². The summed E-state index contributed by atoms with van der Waals surface area (Å²) >= 11 is 0. The smallest absolute Gasteiger partial charge is 0.176 e. The molecule has 2 aromatic carbocycles. The molecule has 0 saturated heterocycles. The minimum absolute atomic E-state index is 0.164. The molecule has 0 radical (unpaired) electrons. The van der Waals surface area contributed by atoms with Gasteiger partial charge in [-0.05, 0) is 37.1 Å². The average Bonchev–Trinajstić information content (AvgIpc) is 2.65. The van der Waals surface area contributed by atoms with Crippen LogP contribution >= 0.6 is 0 Å². The van der Waals surface area contributed by atoms with Gasteiger partial charge >= 0.3 is 0 Å². The Labute approximate surface area is 149 Å². The van der Waals surface area contributed by atoms with Crippen LogP contribution in [0.2, 0.25) is 0 Å². The van der Waals surface area contributed by atoms with Gasteiger partial charge in [0, 0.05) is 18.4 Å². The van der Waals surface area contributed by atoms with Gasteiger partial charge in [0.2, 0.25) is 0 Å². The first-order valence-corrected chi connectivity index (χ1v) is 8.29. The lowest BCUT2D eigenvalue weighted by molar-refractivity contribution is 0.280. The highest BCUT2D eigenvalue weighted by Gasteiger charge is 2.17. The van der Waals surface area contributed by atoms with E-state index in [0.29, 0.717) is 11.5 Å². The number of anilines is 2. The lowest BCUT2D eigenvalue weighted by atomic mass is 10.1. The van der Waals surface area contributed by atoms with E-state index >= 15 is 0 Å². The number of hydroxylamine groups is 1. The van der Waals surface area contributed by atoms with Crippen LogP contribution in [0.1, 0.15) is 20.8 Å². The summed E-state index contributed by atoms with van der Waals surface area (Å²) < 4.78 is 0. The number of hydrogen-bond donors (Lipinski definition) is 2. The second kappa shape index (κ2) is 8.35. The fourth-order valence-electron chi connectivity index (χ4n) is 2.18. The molecule has 5 nitrogen and oxygen atoms in total. The SMILES string of the molecule is C/C(=N\C(=C(/N)N(O)c1ccccc1)N(C)c1ccccc1)C(C)C. The first-order valence-electron chi connectivity index (χ1n) is 8.29. The molecule has 0 aliphatic heterocycles. The van der Waals surface area contributed by atoms with Crippen LogP contribution in [0.3, 0.4) is 0 Å². The molecule has 0 bridgehead atoms. The molecule has 0 spiro atoms. The summed E-state index contributed by atoms with van der Waals surface area (Å²) in [5.74, 6) is 0.928. The molecule has 0 saturated carbocycles. The molecule has 5 heteroatoms. The van der Waals surface area contributed by atoms with Gasteiger partial charge in [0.1, 0.15) is 0 Å². The highest BCUT2D eigenvalue weighted by molar-refractivity contribution is 5.85. The van der Waals surface area contributed by atoms with Gasteiger partial charge in [0.05, 0.1) is 5.69 Å². The molecule has 0 amide bonds. The van der Waals surface area contributed by atoms with Crippen molar-refractivity contribution < 1.29 is 5.21 Å². The van der Waals surface area contributed by atoms with E-state index in [1.165, 1.54) is 0 Å². The Bertz CT molecular complexity index is 739. The molecule has 25 heavy (non-hydrogen) atoms. The molecular weight excluding hydrogens is 312 g/mol. The van der Waals surface area contributed by atoms with Crippen LogP contribution in [0, 0.1) is 5.92 Å². The summed E-state index contributed by atoms with van der Waals surface area (Å²) in [5.41, 5.74) is 8.73. The predicted molar refractivity (Wildman–Crippen MR) is 105 cm³/mol. The van der Waals surface area contributed by atoms with Gasteiger partial charge in [-0.3, -0.25) is 5.21 Å². The maximum absolute atomic E-state index is 10.6. The second-order valence-electron chi connectivity index (χ2n) is 6.16. The Morgan fingerprint density at radius 3 is 1.92 bits per heavy atom. The van der Waals surface area contributed by atoms with Crippen molar-refractivity contribution in [2.75, 3.05) is 17.0 Å². The van der Waals surface area contributed by atoms with Crippen LogP contribution in [0.25, 0.3) is 0 Å². The van der Waals surface area contributed by atoms with Crippen molar-refractivity contribution >= 4 is 17.1 Å². The zero-order valence-electron chi connectivity index (χ0n) is 15.2. The summed E-state index contributed by atoms with van der Waals surface area (Å²) in [5, 5.41) is 11.5. The molecule has 0 aromatic heterocycles. The first kappa shape index (κ1) is 18.5. The van der Waals surface area contributed by atoms with Crippen LogP contribution in [-0.4, -0.2) is 18.0 Å². The number of nitrogens with zero attached hydrogens (tertiary/aromatic N) is 3. The number of benzene rings is 2. The van der Waals surface area contributed by atoms with Crippen LogP contribution in [0.5, 0.6) is 0 Å². The second-order valence-corrected chi connectivity index (χ2v) is 6.16. The molecule has 0 aliphatic carbocycles. The molecule has 0 aliphatic rings. The normalized spacial score (nSPS) is 12.8. The van der Waals surface area contributed by atoms with Crippen molar-refractivity contribution in [1.82, 2.24) is 0 Å². The van der Waals surface area contributed by atoms with E-state index in [1.54, 1.807) is 12.1 Å². The third-order valence-corrected chi connectivity index (χ3v) is 4.04. The van der Waals surface area contributed by atoms with Crippen molar-refractivity contribution in [3.8, 4) is 0 Å². The quantitative estimate of drug-likeness (QED) is 0.611. The standard InChI is InChI=1S/C20H26N4O/c1-15(2)16(3)22-20(23(4)17-11-7-5-8-12-17)19(21)24(25)18-13-9-6-10-14-18/h5-15,25H,21H2,1-4H3/b20-19-,22-16+. The Kier molecular flexibility index (Phi) is 6.19. The highest BCUT2D eigenvalue weighted by Crippen LogP contribution is 2.23. The van der Waals surface area contributed by atoms with E-state index in [1.807, 2.05) is 67.4 Å². The fourth-order valence-corrected chi connectivity index (χ4v) is 2.18. The molecule has 132 valence electrons. The number of hydrogen-bond acceptors (Lipinski definition) is 5. The Hall–Kier alpha value is -2.79. The Morgan fingerprint density at radius 2 is 1.44 bits per heavy atom. The molecule has 0 atom stereocenters. The number of nitrogens with two attached hydrogens (primary N) is 1. The van der Waals surface area contributed by atoms with Gasteiger partial charge < -0.3 is 10.6 Å². The van der Waals surface area contributed by atoms with Crippen molar-refractivity contribution in [3.63, 3.8) is 0 Å². The summed E-state index contributed by atoms with van der Waals surface area (Å²) in [6.07, 6.45) is 0. The number of aliphatic imine (C=N–C) groups is 1. The maximum atomic E-state index is 10.6. The van der Waals surface area contributed by atoms with Gasteiger partial charge in [0.25, 0.3) is 0 Å². The van der Waals surface area contributed by atoms with Crippen molar-refractivity contribution in [1.29, 1.82) is 0 Å². The van der Waals surface area contributed by atoms with E-state index in [2.05, 4.69) is 13.8 Å². The highest BCUT2D eigenvalue weighted by atomic mass is 16.5. The van der Waals surface area contributed by atoms with Crippen LogP contribution < -0.4 is 15.7 Å². The van der Waals surface area contributed by atoms with Crippen LogP contribution in [0.4, 0.5) is 11.4 Å². The van der Waals surface area contributed by atoms with E-state index in [-0.39, 0.29) is 11.7 Å². The summed E-state index contributed by atoms with van der Waals surface area (Å²) in [7, 11) is 1.88. The first-order chi connectivity index (χ1) is 11.9. The lowest BCUT2D eigenvalue weighted by Gasteiger charge is -2.26. The van der Waals surface area contributed by atoms with Gasteiger partial charge in [-0.25, -0.2) is 10.1 Å². The van der Waals surface area contributed by atoms with E-state index in [0.717, 1.165) is 16.5 Å². The van der Waals surface area contributed by atoms with Crippen molar-refractivity contribution in [2.24, 2.45) is 16.6 Å². The molecule has 3 N–H and O–H groups in total. The van der Waals surface area contributed by atoms with Gasteiger partial charge in [-0.2, -0.15) is 0 Å². The Morgan fingerprint density at radius 1 is 0.960 bits per heavy atom. The summed E-state index contributed by atoms with van der Waals surface area (Å²) in [4.78, 5) is 6.56. The average molecular weight is 338 g/mol. The van der Waals surface area contributed by atoms with Gasteiger partial charge in [-0.1, -0.05) is 50.2 Å². The fraction of sp³-hybridized carbons (Fsp3) is 0.250. The van der Waals surface area contributed by atoms with E-state index < -0.39 is 0 Å².